The molecule has 0 atom stereocenters. The van der Waals surface area contributed by atoms with Crippen molar-refractivity contribution in [1.29, 1.82) is 0 Å². The van der Waals surface area contributed by atoms with Crippen LogP contribution >= 0.6 is 11.8 Å². The van der Waals surface area contributed by atoms with Crippen LogP contribution in [0.25, 0.3) is 0 Å². The Balaban J connectivity index is 1.54. The fourth-order valence-electron chi connectivity index (χ4n) is 3.34. The molecule has 2 heterocycles. The molecule has 0 radical (unpaired) electrons. The van der Waals surface area contributed by atoms with E-state index in [9.17, 15) is 9.18 Å². The monoisotopic (exact) mass is 346 g/mol. The lowest BCUT2D eigenvalue weighted by atomic mass is 9.98. The first-order chi connectivity index (χ1) is 11.7. The van der Waals surface area contributed by atoms with Gasteiger partial charge in [0.25, 0.3) is 0 Å². The molecule has 5 nitrogen and oxygen atoms in total. The molecule has 1 aromatic rings. The number of carbonyl (C=O) groups excluding carboxylic acids is 1. The highest BCUT2D eigenvalue weighted by Gasteiger charge is 2.22. The van der Waals surface area contributed by atoms with Gasteiger partial charge in [-0.2, -0.15) is 5.10 Å². The maximum atomic E-state index is 14.4. The minimum absolute atomic E-state index is 0.0605. The summed E-state index contributed by atoms with van der Waals surface area (Å²) in [5.74, 6) is 0.184. The number of nitrogens with zero attached hydrogens (tertiary/aromatic N) is 2. The quantitative estimate of drug-likeness (QED) is 0.865. The zero-order valence-corrected chi connectivity index (χ0v) is 14.1. The molecule has 1 aliphatic carbocycles. The average molecular weight is 346 g/mol. The molecule has 4 rings (SSSR count). The van der Waals surface area contributed by atoms with Crippen molar-refractivity contribution in [2.24, 2.45) is 10.1 Å². The van der Waals surface area contributed by atoms with E-state index in [1.54, 1.807) is 11.8 Å². The summed E-state index contributed by atoms with van der Waals surface area (Å²) in [4.78, 5) is 16.1. The van der Waals surface area contributed by atoms with E-state index < -0.39 is 0 Å². The second-order valence-electron chi connectivity index (χ2n) is 6.37. The fourth-order valence-corrected chi connectivity index (χ4v) is 4.17. The van der Waals surface area contributed by atoms with E-state index in [1.165, 1.54) is 18.9 Å². The second kappa shape index (κ2) is 6.55. The van der Waals surface area contributed by atoms with E-state index in [2.05, 4.69) is 20.8 Å². The van der Waals surface area contributed by atoms with Gasteiger partial charge in [-0.05, 0) is 37.0 Å². The number of benzene rings is 1. The van der Waals surface area contributed by atoms with Crippen molar-refractivity contribution in [3.8, 4) is 0 Å². The highest BCUT2D eigenvalue weighted by molar-refractivity contribution is 8.14. The number of aliphatic imine (C=N–C) groups is 1. The summed E-state index contributed by atoms with van der Waals surface area (Å²) in [6.07, 6.45) is 5.86. The molecule has 2 aliphatic heterocycles. The molecule has 7 heteroatoms. The third kappa shape index (κ3) is 3.17. The lowest BCUT2D eigenvalue weighted by Gasteiger charge is -2.20. The number of hydrogen-bond acceptors (Lipinski definition) is 4. The molecule has 126 valence electrons. The second-order valence-corrected chi connectivity index (χ2v) is 7.33. The van der Waals surface area contributed by atoms with Crippen LogP contribution in [0.1, 0.15) is 43.2 Å². The molecule has 0 aromatic heterocycles. The van der Waals surface area contributed by atoms with Crippen LogP contribution in [0.4, 0.5) is 10.1 Å². The van der Waals surface area contributed by atoms with E-state index >= 15 is 0 Å². The Bertz CT molecular complexity index is 740. The van der Waals surface area contributed by atoms with Gasteiger partial charge in [0.1, 0.15) is 5.82 Å². The van der Waals surface area contributed by atoms with Gasteiger partial charge >= 0.3 is 0 Å². The maximum absolute atomic E-state index is 14.4. The SMILES string of the molecule is O=C1CCc2cc(C3=NNC(=NC4CCCC4)SC3)c(F)cc2N1. The van der Waals surface area contributed by atoms with Gasteiger partial charge in [-0.1, -0.05) is 24.6 Å². The van der Waals surface area contributed by atoms with Gasteiger partial charge in [-0.3, -0.25) is 15.2 Å². The molecule has 1 fully saturated rings. The third-order valence-electron chi connectivity index (χ3n) is 4.66. The van der Waals surface area contributed by atoms with Crippen molar-refractivity contribution >= 4 is 34.2 Å². The number of hydrogen-bond donors (Lipinski definition) is 2. The molecular formula is C17H19FN4OS. The van der Waals surface area contributed by atoms with Crippen LogP contribution < -0.4 is 10.7 Å². The largest absolute Gasteiger partial charge is 0.326 e. The number of hydrazone groups is 1. The normalized spacial score (nSPS) is 22.8. The van der Waals surface area contributed by atoms with Crippen LogP contribution in [-0.2, 0) is 11.2 Å². The molecular weight excluding hydrogens is 327 g/mol. The first kappa shape index (κ1) is 15.6. The first-order valence-electron chi connectivity index (χ1n) is 8.35. The number of amides is 1. The predicted octanol–water partition coefficient (Wildman–Crippen LogP) is 3.05. The minimum Gasteiger partial charge on any atom is -0.326 e. The zero-order valence-electron chi connectivity index (χ0n) is 13.3. The van der Waals surface area contributed by atoms with E-state index in [0.29, 0.717) is 41.6 Å². The molecule has 2 N–H and O–H groups in total. The van der Waals surface area contributed by atoms with Crippen molar-refractivity contribution in [3.05, 3.63) is 29.1 Å². The Hall–Kier alpha value is -1.89. The van der Waals surface area contributed by atoms with Crippen LogP contribution in [0.15, 0.2) is 22.2 Å². The first-order valence-corrected chi connectivity index (χ1v) is 9.33. The molecule has 24 heavy (non-hydrogen) atoms. The Kier molecular flexibility index (Phi) is 4.26. The van der Waals surface area contributed by atoms with Gasteiger partial charge < -0.3 is 5.32 Å². The van der Waals surface area contributed by atoms with Gasteiger partial charge in [0, 0.05) is 23.4 Å². The van der Waals surface area contributed by atoms with Crippen molar-refractivity contribution in [3.63, 3.8) is 0 Å². The highest BCUT2D eigenvalue weighted by Crippen LogP contribution is 2.28. The van der Waals surface area contributed by atoms with E-state index in [1.807, 2.05) is 6.07 Å². The molecule has 1 amide bonds. The van der Waals surface area contributed by atoms with Crippen molar-refractivity contribution < 1.29 is 9.18 Å². The Morgan fingerprint density at radius 3 is 2.83 bits per heavy atom. The summed E-state index contributed by atoms with van der Waals surface area (Å²) in [5, 5.41) is 7.88. The average Bonchev–Trinajstić information content (AvgIpc) is 3.08. The molecule has 3 aliphatic rings. The molecule has 1 saturated carbocycles. The zero-order chi connectivity index (χ0) is 16.5. The van der Waals surface area contributed by atoms with Gasteiger partial charge in [0.15, 0.2) is 5.17 Å². The molecule has 0 spiro atoms. The summed E-state index contributed by atoms with van der Waals surface area (Å²) in [6, 6.07) is 3.61. The smallest absolute Gasteiger partial charge is 0.224 e. The summed E-state index contributed by atoms with van der Waals surface area (Å²) in [5.41, 5.74) is 5.70. The Labute approximate surface area is 144 Å². The molecule has 0 bridgehead atoms. The van der Waals surface area contributed by atoms with Crippen LogP contribution in [0.5, 0.6) is 0 Å². The predicted molar refractivity (Wildman–Crippen MR) is 95.2 cm³/mol. The van der Waals surface area contributed by atoms with Crippen LogP contribution in [-0.4, -0.2) is 28.6 Å². The van der Waals surface area contributed by atoms with Gasteiger partial charge in [-0.15, -0.1) is 0 Å². The minimum atomic E-state index is -0.353. The van der Waals surface area contributed by atoms with E-state index in [-0.39, 0.29) is 11.7 Å². The lowest BCUT2D eigenvalue weighted by Crippen LogP contribution is -2.27. The summed E-state index contributed by atoms with van der Waals surface area (Å²) in [7, 11) is 0. The number of carbonyl (C=O) groups is 1. The number of nitrogens with one attached hydrogen (secondary N) is 2. The molecule has 1 aromatic carbocycles. The highest BCUT2D eigenvalue weighted by atomic mass is 32.2. The number of rotatable bonds is 2. The van der Waals surface area contributed by atoms with Crippen LogP contribution in [0.2, 0.25) is 0 Å². The van der Waals surface area contributed by atoms with Gasteiger partial charge in [0.2, 0.25) is 5.91 Å². The van der Waals surface area contributed by atoms with Crippen molar-refractivity contribution in [2.75, 3.05) is 11.1 Å². The molecule has 0 unspecified atom stereocenters. The van der Waals surface area contributed by atoms with Crippen LogP contribution in [0.3, 0.4) is 0 Å². The number of thioether (sulfide) groups is 1. The molecule has 0 saturated heterocycles. The standard InChI is InChI=1S/C17H19FN4OS/c18-13-8-14-10(5-6-16(23)20-14)7-12(13)15-9-24-17(22-21-15)19-11-3-1-2-4-11/h7-8,11H,1-6,9H2,(H,19,22)(H,20,23). The number of amidine groups is 1. The maximum Gasteiger partial charge on any atom is 0.224 e. The van der Waals surface area contributed by atoms with Gasteiger partial charge in [0.05, 0.1) is 11.8 Å². The van der Waals surface area contributed by atoms with Crippen LogP contribution in [0, 0.1) is 5.82 Å². The number of anilines is 1. The Morgan fingerprint density at radius 1 is 1.25 bits per heavy atom. The topological polar surface area (TPSA) is 65.8 Å². The summed E-state index contributed by atoms with van der Waals surface area (Å²) >= 11 is 1.57. The Morgan fingerprint density at radius 2 is 2.08 bits per heavy atom. The number of aryl methyl sites for hydroxylation is 1. The van der Waals surface area contributed by atoms with Crippen molar-refractivity contribution in [2.45, 2.75) is 44.6 Å². The number of fused-ring (bicyclic) bond motifs is 1. The van der Waals surface area contributed by atoms with Gasteiger partial charge in [-0.25, -0.2) is 4.39 Å². The van der Waals surface area contributed by atoms with E-state index in [4.69, 9.17) is 0 Å². The van der Waals surface area contributed by atoms with E-state index in [0.717, 1.165) is 23.6 Å². The number of halogens is 1. The summed E-state index contributed by atoms with van der Waals surface area (Å²) < 4.78 is 14.4. The summed E-state index contributed by atoms with van der Waals surface area (Å²) in [6.45, 7) is 0. The van der Waals surface area contributed by atoms with Crippen molar-refractivity contribution in [1.82, 2.24) is 5.43 Å². The lowest BCUT2D eigenvalue weighted by molar-refractivity contribution is -0.116. The third-order valence-corrected chi connectivity index (χ3v) is 5.54. The fraction of sp³-hybridized carbons (Fsp3) is 0.471.